The summed E-state index contributed by atoms with van der Waals surface area (Å²) in [4.78, 5) is 25.3. The summed E-state index contributed by atoms with van der Waals surface area (Å²) in [7, 11) is 1.73. The smallest absolute Gasteiger partial charge is 0.253 e. The van der Waals surface area contributed by atoms with E-state index in [9.17, 15) is 9.90 Å². The number of likely N-dealkylation sites (N-methyl/N-ethyl adjacent to an activating group) is 1. The van der Waals surface area contributed by atoms with Gasteiger partial charge >= 0.3 is 0 Å². The first-order chi connectivity index (χ1) is 14.0. The van der Waals surface area contributed by atoms with Gasteiger partial charge in [0.1, 0.15) is 11.1 Å². The predicted molar refractivity (Wildman–Crippen MR) is 113 cm³/mol. The number of carbonyl (C=O) groups is 1. The molecule has 0 radical (unpaired) electrons. The first kappa shape index (κ1) is 19.3. The van der Waals surface area contributed by atoms with E-state index in [2.05, 4.69) is 14.9 Å². The van der Waals surface area contributed by atoms with Gasteiger partial charge < -0.3 is 20.6 Å². The highest BCUT2D eigenvalue weighted by Crippen LogP contribution is 2.31. The van der Waals surface area contributed by atoms with Crippen molar-refractivity contribution in [3.63, 3.8) is 0 Å². The zero-order chi connectivity index (χ0) is 20.4. The molecule has 1 aliphatic heterocycles. The first-order valence-electron chi connectivity index (χ1n) is 9.71. The van der Waals surface area contributed by atoms with Crippen LogP contribution in [0.1, 0.15) is 22.3 Å². The highest BCUT2D eigenvalue weighted by atomic mass is 16.3. The summed E-state index contributed by atoms with van der Waals surface area (Å²) in [6.45, 7) is 1.84. The van der Waals surface area contributed by atoms with E-state index in [4.69, 9.17) is 5.73 Å². The van der Waals surface area contributed by atoms with E-state index < -0.39 is 5.60 Å². The number of nitrogens with two attached hydrogens (primary N) is 1. The van der Waals surface area contributed by atoms with Gasteiger partial charge in [-0.2, -0.15) is 0 Å². The number of anilines is 1. The van der Waals surface area contributed by atoms with Crippen LogP contribution in [0.4, 0.5) is 5.69 Å². The van der Waals surface area contributed by atoms with Crippen LogP contribution in [-0.4, -0.2) is 58.2 Å². The Morgan fingerprint density at radius 3 is 2.76 bits per heavy atom. The summed E-state index contributed by atoms with van der Waals surface area (Å²) in [5, 5.41) is 11.2. The average Bonchev–Trinajstić information content (AvgIpc) is 3.14. The molecule has 4 rings (SSSR count). The molecular weight excluding hydrogens is 366 g/mol. The van der Waals surface area contributed by atoms with Crippen molar-refractivity contribution < 1.29 is 9.90 Å². The molecular formula is C22H25N5O2. The summed E-state index contributed by atoms with van der Waals surface area (Å²) >= 11 is 0. The van der Waals surface area contributed by atoms with Crippen LogP contribution >= 0.6 is 0 Å². The third-order valence-electron chi connectivity index (χ3n) is 5.46. The van der Waals surface area contributed by atoms with E-state index in [1.807, 2.05) is 30.3 Å². The third-order valence-corrected chi connectivity index (χ3v) is 5.46. The number of nitrogens with zero attached hydrogens (tertiary/aromatic N) is 4. The van der Waals surface area contributed by atoms with Gasteiger partial charge in [-0.1, -0.05) is 12.1 Å². The number of β-amino-alcohol motifs (C(OH)–C–C–N with tert-alkyl or cyclic N) is 1. The maximum atomic E-state index is 12.8. The van der Waals surface area contributed by atoms with E-state index >= 15 is 0 Å². The largest absolute Gasteiger partial charge is 0.386 e. The Hall–Kier alpha value is -3.03. The lowest BCUT2D eigenvalue weighted by atomic mass is 10.0. The molecule has 1 aliphatic rings. The Balaban J connectivity index is 1.47. The number of benzene rings is 1. The summed E-state index contributed by atoms with van der Waals surface area (Å²) < 4.78 is 0. The molecule has 1 aromatic carbocycles. The van der Waals surface area contributed by atoms with Crippen molar-refractivity contribution >= 4 is 22.6 Å². The molecule has 7 nitrogen and oxygen atoms in total. The van der Waals surface area contributed by atoms with Gasteiger partial charge in [0.25, 0.3) is 5.91 Å². The molecule has 0 aliphatic carbocycles. The molecule has 1 unspecified atom stereocenters. The number of carbonyl (C=O) groups excluding carboxylic acids is 1. The summed E-state index contributed by atoms with van der Waals surface area (Å²) in [6, 6.07) is 13.0. The second kappa shape index (κ2) is 7.77. The molecule has 3 N–H and O–H groups in total. The highest BCUT2D eigenvalue weighted by molar-refractivity contribution is 5.94. The minimum Gasteiger partial charge on any atom is -0.386 e. The van der Waals surface area contributed by atoms with Crippen LogP contribution < -0.4 is 10.6 Å². The van der Waals surface area contributed by atoms with Gasteiger partial charge in [0.05, 0.1) is 17.7 Å². The lowest BCUT2D eigenvalue weighted by Gasteiger charge is -2.29. The number of hydrogen-bond donors (Lipinski definition) is 2. The maximum absolute atomic E-state index is 12.8. The van der Waals surface area contributed by atoms with Crippen molar-refractivity contribution in [1.29, 1.82) is 0 Å². The zero-order valence-electron chi connectivity index (χ0n) is 16.5. The van der Waals surface area contributed by atoms with Crippen LogP contribution in [0.25, 0.3) is 11.0 Å². The lowest BCUT2D eigenvalue weighted by Crippen LogP contribution is -2.45. The Labute approximate surface area is 169 Å². The number of amides is 1. The number of rotatable bonds is 5. The van der Waals surface area contributed by atoms with E-state index in [1.54, 1.807) is 36.5 Å². The Morgan fingerprint density at radius 2 is 2.00 bits per heavy atom. The minimum absolute atomic E-state index is 0.114. The number of aliphatic hydroxyl groups is 1. The number of aromatic nitrogens is 2. The fourth-order valence-corrected chi connectivity index (χ4v) is 3.93. The fourth-order valence-electron chi connectivity index (χ4n) is 3.93. The molecule has 1 fully saturated rings. The van der Waals surface area contributed by atoms with Crippen molar-refractivity contribution in [3.8, 4) is 0 Å². The highest BCUT2D eigenvalue weighted by Gasteiger charge is 2.38. The molecule has 1 atom stereocenters. The van der Waals surface area contributed by atoms with Crippen LogP contribution in [-0.2, 0) is 6.54 Å². The second-order valence-corrected chi connectivity index (χ2v) is 7.66. The topological polar surface area (TPSA) is 95.6 Å². The van der Waals surface area contributed by atoms with Crippen LogP contribution in [0.2, 0.25) is 0 Å². The monoisotopic (exact) mass is 391 g/mol. The van der Waals surface area contributed by atoms with Crippen molar-refractivity contribution in [2.75, 3.05) is 31.6 Å². The van der Waals surface area contributed by atoms with Gasteiger partial charge in [-0.05, 0) is 42.3 Å². The van der Waals surface area contributed by atoms with E-state index in [0.717, 1.165) is 22.3 Å². The third kappa shape index (κ3) is 3.92. The van der Waals surface area contributed by atoms with Crippen molar-refractivity contribution in [2.45, 2.75) is 18.6 Å². The van der Waals surface area contributed by atoms with Crippen LogP contribution in [0, 0.1) is 0 Å². The Morgan fingerprint density at radius 1 is 1.21 bits per heavy atom. The number of hydrogen-bond acceptors (Lipinski definition) is 6. The van der Waals surface area contributed by atoms with Crippen molar-refractivity contribution in [3.05, 3.63) is 66.0 Å². The van der Waals surface area contributed by atoms with Crippen LogP contribution in [0.5, 0.6) is 0 Å². The van der Waals surface area contributed by atoms with E-state index in [-0.39, 0.29) is 12.5 Å². The molecule has 1 saturated heterocycles. The zero-order valence-corrected chi connectivity index (χ0v) is 16.5. The molecule has 0 saturated carbocycles. The number of fused-ring (bicyclic) bond motifs is 1. The summed E-state index contributed by atoms with van der Waals surface area (Å²) in [5.74, 6) is -0.114. The molecule has 29 heavy (non-hydrogen) atoms. The SMILES string of the molecule is CN(CC1(O)CCN(c2ccnc3cccnc23)C1)C(=O)c1ccc(CN)cc1. The maximum Gasteiger partial charge on any atom is 0.253 e. The molecule has 3 heterocycles. The molecule has 0 bridgehead atoms. The normalized spacial score (nSPS) is 18.9. The first-order valence-corrected chi connectivity index (χ1v) is 9.71. The fraction of sp³-hybridized carbons (Fsp3) is 0.318. The van der Waals surface area contributed by atoms with Gasteiger partial charge in [0.15, 0.2) is 0 Å². The Kier molecular flexibility index (Phi) is 5.17. The van der Waals surface area contributed by atoms with Crippen LogP contribution in [0.3, 0.4) is 0 Å². The quantitative estimate of drug-likeness (QED) is 0.689. The standard InChI is InChI=1S/C22H25N5O2/c1-26(21(28)17-6-4-16(13-23)5-7-17)14-22(29)9-12-27(15-22)19-8-11-24-18-3-2-10-25-20(18)19/h2-8,10-11,29H,9,12-15,23H2,1H3. The van der Waals surface area contributed by atoms with Crippen LogP contribution in [0.15, 0.2) is 54.9 Å². The molecule has 3 aromatic rings. The Bertz CT molecular complexity index is 1020. The van der Waals surface area contributed by atoms with E-state index in [1.165, 1.54) is 0 Å². The molecule has 2 aromatic heterocycles. The summed E-state index contributed by atoms with van der Waals surface area (Å²) in [5.41, 5.74) is 8.81. The second-order valence-electron chi connectivity index (χ2n) is 7.66. The predicted octanol–water partition coefficient (Wildman–Crippen LogP) is 1.80. The van der Waals surface area contributed by atoms with E-state index in [0.29, 0.717) is 31.6 Å². The van der Waals surface area contributed by atoms with Gasteiger partial charge in [0.2, 0.25) is 0 Å². The molecule has 150 valence electrons. The average molecular weight is 391 g/mol. The van der Waals surface area contributed by atoms with Gasteiger partial charge in [-0.15, -0.1) is 0 Å². The summed E-state index contributed by atoms with van der Waals surface area (Å²) in [6.07, 6.45) is 4.09. The van der Waals surface area contributed by atoms with Crippen molar-refractivity contribution in [2.24, 2.45) is 5.73 Å². The van der Waals surface area contributed by atoms with Gasteiger partial charge in [-0.25, -0.2) is 0 Å². The molecule has 0 spiro atoms. The number of pyridine rings is 2. The lowest BCUT2D eigenvalue weighted by molar-refractivity contribution is 0.0264. The van der Waals surface area contributed by atoms with Crippen molar-refractivity contribution in [1.82, 2.24) is 14.9 Å². The molecule has 1 amide bonds. The van der Waals surface area contributed by atoms with Gasteiger partial charge in [-0.3, -0.25) is 14.8 Å². The minimum atomic E-state index is -0.980. The molecule has 7 heteroatoms. The van der Waals surface area contributed by atoms with Gasteiger partial charge in [0, 0.05) is 44.6 Å².